The van der Waals surface area contributed by atoms with E-state index in [4.69, 9.17) is 0 Å². The Morgan fingerprint density at radius 1 is 1.32 bits per heavy atom. The Bertz CT molecular complexity index is 1500. The minimum Gasteiger partial charge on any atom is -0.415 e. The van der Waals surface area contributed by atoms with Crippen LogP contribution in [0.5, 0.6) is 5.88 Å². The maximum absolute atomic E-state index is 13.6. The normalized spacial score (nSPS) is 25.5. The number of Topliss-reactive ketones (excluding diaryl/α,β-unsaturated/α-hetero) is 1. The van der Waals surface area contributed by atoms with Crippen molar-refractivity contribution in [1.82, 2.24) is 29.9 Å². The van der Waals surface area contributed by atoms with Gasteiger partial charge < -0.3 is 15.4 Å². The Morgan fingerprint density at radius 3 is 2.83 bits per heavy atom. The van der Waals surface area contributed by atoms with E-state index in [9.17, 15) is 22.8 Å². The van der Waals surface area contributed by atoms with Crippen LogP contribution in [0.2, 0.25) is 0 Å². The van der Waals surface area contributed by atoms with E-state index in [1.165, 1.54) is 22.1 Å². The number of hydrogen-bond donors (Lipinski definition) is 2. The fourth-order valence-corrected chi connectivity index (χ4v) is 7.31. The zero-order chi connectivity index (χ0) is 27.8. The van der Waals surface area contributed by atoms with Gasteiger partial charge in [0.1, 0.15) is 24.1 Å². The predicted molar refractivity (Wildman–Crippen MR) is 138 cm³/mol. The molecule has 3 aromatic heterocycles. The number of ether oxygens (including phenoxy) is 1. The summed E-state index contributed by atoms with van der Waals surface area (Å²) >= 11 is 1.50. The molecule has 4 aliphatic carbocycles. The smallest absolute Gasteiger partial charge is 0.388 e. The SMILES string of the molecule is Cn1nc(OC(F)F)cc1Nc1nncn1[C@H]1CCc2sc(CC(=O)[C@H]3C[C@@H]3F)c(C(=O)N[C@H]3CC34CC4)c2C1. The van der Waals surface area contributed by atoms with Crippen molar-refractivity contribution in [2.75, 3.05) is 5.32 Å². The summed E-state index contributed by atoms with van der Waals surface area (Å²) in [7, 11) is 1.59. The zero-order valence-corrected chi connectivity index (χ0v) is 22.5. The minimum absolute atomic E-state index is 0.0783. The lowest BCUT2D eigenvalue weighted by atomic mass is 9.90. The lowest BCUT2D eigenvalue weighted by Gasteiger charge is -2.25. The van der Waals surface area contributed by atoms with E-state index in [0.29, 0.717) is 30.2 Å². The van der Waals surface area contributed by atoms with Gasteiger partial charge in [-0.2, -0.15) is 8.78 Å². The number of halogens is 3. The number of carbonyl (C=O) groups is 2. The van der Waals surface area contributed by atoms with Gasteiger partial charge in [-0.15, -0.1) is 26.6 Å². The Morgan fingerprint density at radius 2 is 2.12 bits per heavy atom. The van der Waals surface area contributed by atoms with Gasteiger partial charge in [-0.05, 0) is 55.9 Å². The Labute approximate surface area is 231 Å². The topological polar surface area (TPSA) is 116 Å². The standard InChI is InChI=1S/C26H28F3N7O3S/c1-35-20(9-21(34-35)39-24(28)29)32-25-33-30-11-36(25)12-2-3-17-14(6-12)22(23(38)31-19-10-26(19)4-5-26)18(40-17)8-16(37)13-7-15(13)27/h9,11-13,15,19,24H,2-8,10H2,1H3,(H,31,38)(H,32,33)/t12-,13-,15-,19-/m0/s1. The van der Waals surface area contributed by atoms with E-state index in [1.54, 1.807) is 13.4 Å². The molecule has 0 bridgehead atoms. The molecule has 7 rings (SSSR count). The molecule has 0 unspecified atom stereocenters. The first kappa shape index (κ1) is 25.5. The molecule has 4 atom stereocenters. The number of nitrogens with one attached hydrogen (secondary N) is 2. The van der Waals surface area contributed by atoms with Crippen LogP contribution in [0.4, 0.5) is 24.9 Å². The van der Waals surface area contributed by atoms with E-state index < -0.39 is 18.7 Å². The number of anilines is 2. The van der Waals surface area contributed by atoms with Gasteiger partial charge in [0.15, 0.2) is 0 Å². The first-order valence-corrected chi connectivity index (χ1v) is 14.3. The van der Waals surface area contributed by atoms with Crippen molar-refractivity contribution in [3.8, 4) is 5.88 Å². The summed E-state index contributed by atoms with van der Waals surface area (Å²) in [5, 5.41) is 18.4. The molecule has 40 heavy (non-hydrogen) atoms. The molecule has 3 aromatic rings. The second kappa shape index (κ2) is 9.32. The lowest BCUT2D eigenvalue weighted by Crippen LogP contribution is -2.30. The van der Waals surface area contributed by atoms with Crippen molar-refractivity contribution in [3.05, 3.63) is 33.3 Å². The van der Waals surface area contributed by atoms with Crippen LogP contribution in [0.1, 0.15) is 63.8 Å². The minimum atomic E-state index is -2.99. The molecular weight excluding hydrogens is 547 g/mol. The number of amides is 1. The summed E-state index contributed by atoms with van der Waals surface area (Å²) in [6.45, 7) is -2.99. The van der Waals surface area contributed by atoms with Gasteiger partial charge >= 0.3 is 6.61 Å². The molecule has 4 aliphatic rings. The molecule has 1 spiro atoms. The molecule has 3 heterocycles. The molecule has 0 aliphatic heterocycles. The molecule has 212 valence electrons. The van der Waals surface area contributed by atoms with E-state index in [0.717, 1.165) is 41.0 Å². The number of hydrogen-bond acceptors (Lipinski definition) is 8. The second-order valence-corrected chi connectivity index (χ2v) is 12.5. The van der Waals surface area contributed by atoms with Gasteiger partial charge in [0, 0.05) is 41.4 Å². The van der Waals surface area contributed by atoms with Crippen molar-refractivity contribution in [1.29, 1.82) is 0 Å². The zero-order valence-electron chi connectivity index (χ0n) is 21.7. The van der Waals surface area contributed by atoms with Crippen molar-refractivity contribution < 1.29 is 27.5 Å². The first-order chi connectivity index (χ1) is 19.2. The fraction of sp³-hybridized carbons (Fsp3) is 0.577. The van der Waals surface area contributed by atoms with Crippen LogP contribution in [0.25, 0.3) is 0 Å². The predicted octanol–water partition coefficient (Wildman–Crippen LogP) is 3.90. The molecule has 3 saturated carbocycles. The average Bonchev–Trinajstić information content (AvgIpc) is 3.83. The average molecular weight is 576 g/mol. The molecular formula is C26H28F3N7O3S. The molecule has 14 heteroatoms. The highest BCUT2D eigenvalue weighted by Gasteiger charge is 2.63. The highest BCUT2D eigenvalue weighted by atomic mass is 32.1. The van der Waals surface area contributed by atoms with Crippen molar-refractivity contribution in [2.45, 2.75) is 76.2 Å². The second-order valence-electron chi connectivity index (χ2n) is 11.3. The van der Waals surface area contributed by atoms with Crippen LogP contribution >= 0.6 is 11.3 Å². The van der Waals surface area contributed by atoms with Crippen LogP contribution in [-0.2, 0) is 31.1 Å². The number of aryl methyl sites for hydroxylation is 2. The summed E-state index contributed by atoms with van der Waals surface area (Å²) < 4.78 is 46.5. The molecule has 0 aromatic carbocycles. The van der Waals surface area contributed by atoms with Crippen molar-refractivity contribution in [3.63, 3.8) is 0 Å². The van der Waals surface area contributed by atoms with E-state index in [1.807, 2.05) is 4.57 Å². The molecule has 0 saturated heterocycles. The number of rotatable bonds is 10. The summed E-state index contributed by atoms with van der Waals surface area (Å²) in [5.74, 6) is -0.275. The third-order valence-corrected chi connectivity index (χ3v) is 9.95. The van der Waals surface area contributed by atoms with Crippen LogP contribution < -0.4 is 15.4 Å². The van der Waals surface area contributed by atoms with E-state index in [2.05, 4.69) is 30.7 Å². The van der Waals surface area contributed by atoms with Gasteiger partial charge in [-0.25, -0.2) is 9.07 Å². The summed E-state index contributed by atoms with van der Waals surface area (Å²) in [6.07, 6.45) is 6.15. The van der Waals surface area contributed by atoms with Gasteiger partial charge in [-0.1, -0.05) is 0 Å². The molecule has 3 fully saturated rings. The summed E-state index contributed by atoms with van der Waals surface area (Å²) in [4.78, 5) is 28.1. The highest BCUT2D eigenvalue weighted by Crippen LogP contribution is 2.66. The van der Waals surface area contributed by atoms with E-state index in [-0.39, 0.29) is 47.9 Å². The van der Waals surface area contributed by atoms with Crippen LogP contribution in [0.15, 0.2) is 12.4 Å². The van der Waals surface area contributed by atoms with Crippen molar-refractivity contribution >= 4 is 34.8 Å². The Hall–Kier alpha value is -3.42. The molecule has 10 nitrogen and oxygen atoms in total. The maximum Gasteiger partial charge on any atom is 0.388 e. The van der Waals surface area contributed by atoms with Crippen LogP contribution in [0.3, 0.4) is 0 Å². The van der Waals surface area contributed by atoms with Crippen LogP contribution in [-0.4, -0.2) is 55.1 Å². The van der Waals surface area contributed by atoms with Gasteiger partial charge in [-0.3, -0.25) is 14.2 Å². The number of alkyl halides is 3. The molecule has 1 amide bonds. The van der Waals surface area contributed by atoms with Gasteiger partial charge in [0.05, 0.1) is 11.5 Å². The van der Waals surface area contributed by atoms with Gasteiger partial charge in [0.2, 0.25) is 11.8 Å². The van der Waals surface area contributed by atoms with Gasteiger partial charge in [0.25, 0.3) is 5.91 Å². The molecule has 2 N–H and O–H groups in total. The third-order valence-electron chi connectivity index (χ3n) is 8.66. The number of ketones is 1. The summed E-state index contributed by atoms with van der Waals surface area (Å²) in [5.41, 5.74) is 1.78. The Balaban J connectivity index is 1.14. The Kier molecular flexibility index (Phi) is 5.95. The number of fused-ring (bicyclic) bond motifs is 1. The molecule has 0 radical (unpaired) electrons. The van der Waals surface area contributed by atoms with Crippen LogP contribution in [0, 0.1) is 11.3 Å². The first-order valence-electron chi connectivity index (χ1n) is 13.5. The number of carbonyl (C=O) groups excluding carboxylic acids is 2. The largest absolute Gasteiger partial charge is 0.415 e. The number of nitrogens with zero attached hydrogens (tertiary/aromatic N) is 5. The third kappa shape index (κ3) is 4.65. The number of thiophene rings is 1. The fourth-order valence-electron chi connectivity index (χ4n) is 5.95. The summed E-state index contributed by atoms with van der Waals surface area (Å²) in [6, 6.07) is 1.44. The highest BCUT2D eigenvalue weighted by molar-refractivity contribution is 7.12. The maximum atomic E-state index is 13.6. The van der Waals surface area contributed by atoms with E-state index >= 15 is 0 Å². The lowest BCUT2D eigenvalue weighted by molar-refractivity contribution is -0.119. The monoisotopic (exact) mass is 575 g/mol. The quantitative estimate of drug-likeness (QED) is 0.377. The number of aromatic nitrogens is 5. The van der Waals surface area contributed by atoms with Crippen molar-refractivity contribution in [2.24, 2.45) is 18.4 Å².